The van der Waals surface area contributed by atoms with Crippen molar-refractivity contribution >= 4 is 5.71 Å². The average Bonchev–Trinajstić information content (AvgIpc) is 2.89. The quantitative estimate of drug-likeness (QED) is 0.194. The van der Waals surface area contributed by atoms with Gasteiger partial charge in [0.05, 0.1) is 17.4 Å². The largest absolute Gasteiger partial charge is 0.507 e. The number of hydrogen-bond donors (Lipinski definition) is 3. The van der Waals surface area contributed by atoms with Gasteiger partial charge in [-0.05, 0) is 102 Å². The van der Waals surface area contributed by atoms with Gasteiger partial charge in [0, 0.05) is 36.9 Å². The van der Waals surface area contributed by atoms with Crippen LogP contribution in [-0.2, 0) is 6.18 Å². The fraction of sp³-hybridized carbons (Fsp3) is 0.581. The normalized spacial score (nSPS) is 23.9. The molecule has 0 amide bonds. The zero-order chi connectivity index (χ0) is 29.2. The molecule has 2 aliphatic rings. The molecule has 1 aromatic carbocycles. The van der Waals surface area contributed by atoms with Crippen molar-refractivity contribution in [3.63, 3.8) is 0 Å². The highest BCUT2D eigenvalue weighted by molar-refractivity contribution is 6.14. The zero-order valence-corrected chi connectivity index (χ0v) is 24.1. The van der Waals surface area contributed by atoms with E-state index >= 15 is 0 Å². The molecule has 1 aliphatic heterocycles. The number of aliphatic imine (C=N–C) groups is 1. The number of benzene rings is 1. The van der Waals surface area contributed by atoms with Crippen LogP contribution in [0.1, 0.15) is 83.8 Å². The highest BCUT2D eigenvalue weighted by Gasteiger charge is 2.32. The first-order chi connectivity index (χ1) is 18.4. The van der Waals surface area contributed by atoms with Crippen LogP contribution < -0.4 is 5.32 Å². The van der Waals surface area contributed by atoms with E-state index in [1.807, 2.05) is 19.9 Å². The van der Waals surface area contributed by atoms with Crippen LogP contribution in [0, 0.1) is 0 Å². The van der Waals surface area contributed by atoms with E-state index in [4.69, 9.17) is 0 Å². The van der Waals surface area contributed by atoms with Gasteiger partial charge in [0.2, 0.25) is 0 Å². The standard InChI is InChI=1S/C28H40F3N3O2.C3H6/c1-5-18(2)25(33-21-7-6-14-34(17-21)22-9-11-23(35)12-10-22)15-19(3)27(32-4)24-13-8-20(16-26(24)36)28(29,30)31;1-3-2/h8,13,15-16,21-23,33,35-36H,5-7,9-12,14,17H2,1-4H3;3H,1H2,2H3/b19-15-,25-18-,32-27?;. The van der Waals surface area contributed by atoms with E-state index in [0.29, 0.717) is 11.8 Å². The van der Waals surface area contributed by atoms with E-state index in [2.05, 4.69) is 35.6 Å². The van der Waals surface area contributed by atoms with Gasteiger partial charge in [0.1, 0.15) is 5.75 Å². The van der Waals surface area contributed by atoms with Crippen LogP contribution >= 0.6 is 0 Å². The molecule has 5 nitrogen and oxygen atoms in total. The van der Waals surface area contributed by atoms with Crippen molar-refractivity contribution in [1.29, 1.82) is 0 Å². The minimum Gasteiger partial charge on any atom is -0.507 e. The third-order valence-electron chi connectivity index (χ3n) is 7.52. The Morgan fingerprint density at radius 1 is 1.18 bits per heavy atom. The summed E-state index contributed by atoms with van der Waals surface area (Å²) in [6.07, 6.45) is 5.91. The van der Waals surface area contributed by atoms with Gasteiger partial charge in [-0.3, -0.25) is 9.89 Å². The summed E-state index contributed by atoms with van der Waals surface area (Å²) in [7, 11) is 1.58. The van der Waals surface area contributed by atoms with E-state index in [9.17, 15) is 23.4 Å². The van der Waals surface area contributed by atoms with E-state index in [0.717, 1.165) is 81.4 Å². The van der Waals surface area contributed by atoms with Crippen molar-refractivity contribution < 1.29 is 23.4 Å². The van der Waals surface area contributed by atoms with Crippen LogP contribution in [0.5, 0.6) is 5.75 Å². The van der Waals surface area contributed by atoms with Gasteiger partial charge in [-0.15, -0.1) is 6.58 Å². The molecule has 0 aromatic heterocycles. The fourth-order valence-corrected chi connectivity index (χ4v) is 5.28. The second-order valence-electron chi connectivity index (χ2n) is 10.5. The van der Waals surface area contributed by atoms with Crippen molar-refractivity contribution in [3.8, 4) is 5.75 Å². The lowest BCUT2D eigenvalue weighted by molar-refractivity contribution is -0.137. The Bertz CT molecular complexity index is 1040. The molecule has 0 radical (unpaired) electrons. The number of piperidine rings is 1. The molecule has 39 heavy (non-hydrogen) atoms. The van der Waals surface area contributed by atoms with Gasteiger partial charge in [-0.2, -0.15) is 13.2 Å². The second-order valence-corrected chi connectivity index (χ2v) is 10.5. The average molecular weight is 550 g/mol. The lowest BCUT2D eigenvalue weighted by atomic mass is 9.90. The predicted octanol–water partition coefficient (Wildman–Crippen LogP) is 7.01. The number of nitrogens with one attached hydrogen (secondary N) is 1. The lowest BCUT2D eigenvalue weighted by Crippen LogP contribution is -2.50. The molecule has 1 heterocycles. The van der Waals surface area contributed by atoms with Crippen molar-refractivity contribution in [2.24, 2.45) is 4.99 Å². The van der Waals surface area contributed by atoms with Gasteiger partial charge in [-0.1, -0.05) is 18.6 Å². The summed E-state index contributed by atoms with van der Waals surface area (Å²) in [6.45, 7) is 13.3. The predicted molar refractivity (Wildman–Crippen MR) is 154 cm³/mol. The van der Waals surface area contributed by atoms with Crippen molar-refractivity contribution in [1.82, 2.24) is 10.2 Å². The molecule has 218 valence electrons. The highest BCUT2D eigenvalue weighted by atomic mass is 19.4. The number of phenolic OH excluding ortho intramolecular Hbond substituents is 1. The number of halogens is 3. The Balaban J connectivity index is 0.00000170. The monoisotopic (exact) mass is 549 g/mol. The van der Waals surface area contributed by atoms with Crippen molar-refractivity contribution in [2.75, 3.05) is 20.1 Å². The first-order valence-electron chi connectivity index (χ1n) is 14.0. The molecule has 1 aliphatic carbocycles. The maximum Gasteiger partial charge on any atom is 0.416 e. The first-order valence-corrected chi connectivity index (χ1v) is 14.0. The lowest BCUT2D eigenvalue weighted by Gasteiger charge is -2.41. The molecule has 0 bridgehead atoms. The molecule has 3 N–H and O–H groups in total. The number of aliphatic hydroxyl groups is 1. The molecule has 1 aromatic rings. The van der Waals surface area contributed by atoms with Crippen LogP contribution in [0.25, 0.3) is 0 Å². The van der Waals surface area contributed by atoms with Crippen LogP contribution in [0.3, 0.4) is 0 Å². The van der Waals surface area contributed by atoms with Crippen LogP contribution in [-0.4, -0.2) is 59.1 Å². The summed E-state index contributed by atoms with van der Waals surface area (Å²) in [5, 5.41) is 24.0. The van der Waals surface area contributed by atoms with Crippen LogP contribution in [0.4, 0.5) is 13.2 Å². The third-order valence-corrected chi connectivity index (χ3v) is 7.52. The number of alkyl halides is 3. The molecular formula is C31H46F3N3O2. The summed E-state index contributed by atoms with van der Waals surface area (Å²) in [4.78, 5) is 6.86. The summed E-state index contributed by atoms with van der Waals surface area (Å²) in [6, 6.07) is 3.81. The van der Waals surface area contributed by atoms with Gasteiger partial charge in [-0.25, -0.2) is 0 Å². The molecule has 1 saturated carbocycles. The SMILES string of the molecule is C=CC.CC/C(C)=C(/C=C(/C)C(=NC)c1ccc(C(F)(F)F)cc1O)NC1CCCN(C2CCC(O)CC2)C1. The molecule has 0 spiro atoms. The minimum atomic E-state index is -4.52. The Labute approximate surface area is 232 Å². The highest BCUT2D eigenvalue weighted by Crippen LogP contribution is 2.33. The summed E-state index contributed by atoms with van der Waals surface area (Å²) in [5.74, 6) is -0.440. The van der Waals surface area contributed by atoms with Crippen LogP contribution in [0.15, 0.2) is 58.8 Å². The van der Waals surface area contributed by atoms with E-state index < -0.39 is 17.5 Å². The molecule has 1 atom stereocenters. The fourth-order valence-electron chi connectivity index (χ4n) is 5.28. The molecular weight excluding hydrogens is 503 g/mol. The van der Waals surface area contributed by atoms with Crippen LogP contribution in [0.2, 0.25) is 0 Å². The topological polar surface area (TPSA) is 68.1 Å². The minimum absolute atomic E-state index is 0.159. The van der Waals surface area contributed by atoms with Crippen molar-refractivity contribution in [2.45, 2.75) is 97.0 Å². The molecule has 2 fully saturated rings. The molecule has 3 rings (SSSR count). The number of hydrogen-bond acceptors (Lipinski definition) is 5. The Morgan fingerprint density at radius 2 is 1.82 bits per heavy atom. The summed E-state index contributed by atoms with van der Waals surface area (Å²) < 4.78 is 39.1. The number of rotatable bonds is 7. The smallest absolute Gasteiger partial charge is 0.416 e. The number of aromatic hydroxyl groups is 1. The molecule has 1 saturated heterocycles. The van der Waals surface area contributed by atoms with Crippen molar-refractivity contribution in [3.05, 3.63) is 64.9 Å². The van der Waals surface area contributed by atoms with E-state index in [1.165, 1.54) is 11.6 Å². The van der Waals surface area contributed by atoms with Gasteiger partial charge < -0.3 is 15.5 Å². The number of aliphatic hydroxyl groups excluding tert-OH is 1. The first kappa shape index (κ1) is 32.6. The molecule has 1 unspecified atom stereocenters. The van der Waals surface area contributed by atoms with E-state index in [1.54, 1.807) is 13.1 Å². The second kappa shape index (κ2) is 15.3. The van der Waals surface area contributed by atoms with E-state index in [-0.39, 0.29) is 17.7 Å². The maximum absolute atomic E-state index is 13.0. The Morgan fingerprint density at radius 3 is 2.36 bits per heavy atom. The number of nitrogens with zero attached hydrogens (tertiary/aromatic N) is 2. The van der Waals surface area contributed by atoms with Gasteiger partial charge in [0.25, 0.3) is 0 Å². The third kappa shape index (κ3) is 9.53. The van der Waals surface area contributed by atoms with Gasteiger partial charge >= 0.3 is 6.18 Å². The Kier molecular flexibility index (Phi) is 12.8. The number of likely N-dealkylation sites (tertiary alicyclic amines) is 1. The maximum atomic E-state index is 13.0. The van der Waals surface area contributed by atoms with Gasteiger partial charge in [0.15, 0.2) is 0 Å². The Hall–Kier alpha value is -2.58. The molecule has 8 heteroatoms. The summed E-state index contributed by atoms with van der Waals surface area (Å²) >= 11 is 0. The number of allylic oxidation sites excluding steroid dienone is 4. The number of phenols is 1. The zero-order valence-electron chi connectivity index (χ0n) is 24.1. The summed E-state index contributed by atoms with van der Waals surface area (Å²) in [5.41, 5.74) is 2.77.